The largest absolute Gasteiger partial charge is 0.493 e. The topological polar surface area (TPSA) is 30.5 Å². The molecule has 0 saturated heterocycles. The van der Waals surface area contributed by atoms with Crippen molar-refractivity contribution in [2.24, 2.45) is 0 Å². The zero-order valence-electron chi connectivity index (χ0n) is 10.7. The number of likely N-dealkylation sites (N-methyl/N-ethyl adjacent to an activating group) is 1. The summed E-state index contributed by atoms with van der Waals surface area (Å²) in [6.45, 7) is 2.74. The Bertz CT molecular complexity index is 344. The Balaban J connectivity index is 2.77. The van der Waals surface area contributed by atoms with Gasteiger partial charge in [-0.15, -0.1) is 0 Å². The minimum Gasteiger partial charge on any atom is -0.493 e. The van der Waals surface area contributed by atoms with Crippen molar-refractivity contribution in [3.05, 3.63) is 23.8 Å². The average molecular weight is 255 g/mol. The average Bonchev–Trinajstić information content (AvgIpc) is 2.36. The summed E-state index contributed by atoms with van der Waals surface area (Å²) in [5.41, 5.74) is 1.24. The molecular formula is C13H21NO2S. The number of ether oxygens (including phenoxy) is 2. The summed E-state index contributed by atoms with van der Waals surface area (Å²) >= 11 is 4.12. The molecule has 1 unspecified atom stereocenters. The van der Waals surface area contributed by atoms with Crippen LogP contribution in [-0.2, 0) is 6.42 Å². The van der Waals surface area contributed by atoms with E-state index in [4.69, 9.17) is 9.47 Å². The van der Waals surface area contributed by atoms with Crippen LogP contribution in [0.1, 0.15) is 12.5 Å². The van der Waals surface area contributed by atoms with E-state index >= 15 is 0 Å². The van der Waals surface area contributed by atoms with Gasteiger partial charge < -0.3 is 14.8 Å². The molecule has 0 saturated carbocycles. The Kier molecular flexibility index (Phi) is 6.22. The molecule has 4 heteroatoms. The van der Waals surface area contributed by atoms with Gasteiger partial charge in [0.05, 0.1) is 13.7 Å². The third-order valence-electron chi connectivity index (χ3n) is 2.61. The number of rotatable bonds is 7. The Morgan fingerprint density at radius 2 is 2.12 bits per heavy atom. The van der Waals surface area contributed by atoms with Crippen molar-refractivity contribution in [2.45, 2.75) is 19.4 Å². The Morgan fingerprint density at radius 3 is 2.71 bits per heavy atom. The number of methoxy groups -OCH3 is 1. The second-order valence-electron chi connectivity index (χ2n) is 3.95. The molecular weight excluding hydrogens is 234 g/mol. The molecule has 0 heterocycles. The van der Waals surface area contributed by atoms with E-state index in [0.717, 1.165) is 17.9 Å². The first-order chi connectivity index (χ1) is 8.21. The van der Waals surface area contributed by atoms with Gasteiger partial charge in [-0.25, -0.2) is 0 Å². The van der Waals surface area contributed by atoms with Crippen LogP contribution in [0, 0.1) is 0 Å². The van der Waals surface area contributed by atoms with Crippen molar-refractivity contribution in [1.29, 1.82) is 0 Å². The Morgan fingerprint density at radius 1 is 1.35 bits per heavy atom. The van der Waals surface area contributed by atoms with Crippen LogP contribution < -0.4 is 14.8 Å². The van der Waals surface area contributed by atoms with Gasteiger partial charge in [0.15, 0.2) is 11.5 Å². The summed E-state index contributed by atoms with van der Waals surface area (Å²) in [7, 11) is 3.63. The maximum absolute atomic E-state index is 5.55. The lowest BCUT2D eigenvalue weighted by Gasteiger charge is -2.14. The molecule has 0 aliphatic heterocycles. The van der Waals surface area contributed by atoms with Crippen LogP contribution in [0.2, 0.25) is 0 Å². The highest BCUT2D eigenvalue weighted by Crippen LogP contribution is 2.28. The van der Waals surface area contributed by atoms with E-state index < -0.39 is 0 Å². The lowest BCUT2D eigenvalue weighted by Crippen LogP contribution is -2.23. The highest BCUT2D eigenvalue weighted by molar-refractivity contribution is 7.80. The molecule has 0 radical (unpaired) electrons. The molecule has 0 aromatic heterocycles. The zero-order chi connectivity index (χ0) is 12.7. The van der Waals surface area contributed by atoms with Crippen molar-refractivity contribution in [3.63, 3.8) is 0 Å². The third kappa shape index (κ3) is 4.48. The van der Waals surface area contributed by atoms with Gasteiger partial charge in [0, 0.05) is 11.8 Å². The van der Waals surface area contributed by atoms with Gasteiger partial charge >= 0.3 is 0 Å². The fourth-order valence-corrected chi connectivity index (χ4v) is 1.66. The predicted octanol–water partition coefficient (Wildman–Crippen LogP) is 2.15. The molecule has 1 N–H and O–H groups in total. The quantitative estimate of drug-likeness (QED) is 0.732. The van der Waals surface area contributed by atoms with E-state index in [0.29, 0.717) is 18.4 Å². The standard InChI is InChI=1S/C13H21NO2S/c1-10(14-2)8-11-4-5-12(16-6-7-17)13(9-11)15-3/h4-5,9-10,14,17H,6-8H2,1-3H3. The van der Waals surface area contributed by atoms with Gasteiger partial charge in [-0.3, -0.25) is 0 Å². The molecule has 1 atom stereocenters. The van der Waals surface area contributed by atoms with E-state index in [1.54, 1.807) is 7.11 Å². The monoisotopic (exact) mass is 255 g/mol. The van der Waals surface area contributed by atoms with E-state index in [2.05, 4.69) is 30.9 Å². The van der Waals surface area contributed by atoms with Gasteiger partial charge in [-0.1, -0.05) is 6.07 Å². The maximum atomic E-state index is 5.55. The van der Waals surface area contributed by atoms with Crippen LogP contribution in [0.4, 0.5) is 0 Å². The zero-order valence-corrected chi connectivity index (χ0v) is 11.6. The lowest BCUT2D eigenvalue weighted by atomic mass is 10.1. The molecule has 96 valence electrons. The molecule has 17 heavy (non-hydrogen) atoms. The minimum absolute atomic E-state index is 0.448. The summed E-state index contributed by atoms with van der Waals surface area (Å²) in [4.78, 5) is 0. The summed E-state index contributed by atoms with van der Waals surface area (Å²) < 4.78 is 10.9. The van der Waals surface area contributed by atoms with Crippen molar-refractivity contribution in [2.75, 3.05) is 26.5 Å². The number of thiol groups is 1. The van der Waals surface area contributed by atoms with Crippen molar-refractivity contribution < 1.29 is 9.47 Å². The van der Waals surface area contributed by atoms with Crippen LogP contribution in [0.3, 0.4) is 0 Å². The predicted molar refractivity (Wildman–Crippen MR) is 74.6 cm³/mol. The van der Waals surface area contributed by atoms with Crippen LogP contribution in [0.15, 0.2) is 18.2 Å². The summed E-state index contributed by atoms with van der Waals surface area (Å²) in [6.07, 6.45) is 0.972. The smallest absolute Gasteiger partial charge is 0.161 e. The van der Waals surface area contributed by atoms with Crippen LogP contribution in [-0.4, -0.2) is 32.6 Å². The van der Waals surface area contributed by atoms with Gasteiger partial charge in [0.1, 0.15) is 0 Å². The molecule has 1 rings (SSSR count). The first-order valence-corrected chi connectivity index (χ1v) is 6.42. The molecule has 0 amide bonds. The molecule has 0 bridgehead atoms. The fourth-order valence-electron chi connectivity index (χ4n) is 1.57. The Labute approximate surface area is 109 Å². The molecule has 3 nitrogen and oxygen atoms in total. The van der Waals surface area contributed by atoms with Crippen LogP contribution >= 0.6 is 12.6 Å². The number of nitrogens with one attached hydrogen (secondary N) is 1. The molecule has 0 fully saturated rings. The second kappa shape index (κ2) is 7.45. The molecule has 1 aromatic carbocycles. The lowest BCUT2D eigenvalue weighted by molar-refractivity contribution is 0.313. The normalized spacial score (nSPS) is 12.2. The number of hydrogen-bond acceptors (Lipinski definition) is 4. The first kappa shape index (κ1) is 14.2. The maximum Gasteiger partial charge on any atom is 0.161 e. The molecule has 0 aliphatic rings. The van der Waals surface area contributed by atoms with E-state index in [1.165, 1.54) is 5.56 Å². The van der Waals surface area contributed by atoms with Crippen molar-refractivity contribution in [1.82, 2.24) is 5.32 Å². The van der Waals surface area contributed by atoms with E-state index in [9.17, 15) is 0 Å². The fraction of sp³-hybridized carbons (Fsp3) is 0.538. The highest BCUT2D eigenvalue weighted by Gasteiger charge is 2.07. The number of benzene rings is 1. The third-order valence-corrected chi connectivity index (χ3v) is 2.79. The van der Waals surface area contributed by atoms with Gasteiger partial charge in [-0.2, -0.15) is 12.6 Å². The van der Waals surface area contributed by atoms with Crippen molar-refractivity contribution >= 4 is 12.6 Å². The van der Waals surface area contributed by atoms with Gasteiger partial charge in [0.2, 0.25) is 0 Å². The van der Waals surface area contributed by atoms with E-state index in [-0.39, 0.29) is 0 Å². The van der Waals surface area contributed by atoms with Gasteiger partial charge in [0.25, 0.3) is 0 Å². The number of hydrogen-bond donors (Lipinski definition) is 2. The molecule has 0 spiro atoms. The van der Waals surface area contributed by atoms with Crippen molar-refractivity contribution in [3.8, 4) is 11.5 Å². The summed E-state index contributed by atoms with van der Waals surface area (Å²) in [5, 5.41) is 3.22. The Hall–Kier alpha value is -0.870. The van der Waals surface area contributed by atoms with Crippen LogP contribution in [0.25, 0.3) is 0 Å². The molecule has 0 aliphatic carbocycles. The van der Waals surface area contributed by atoms with E-state index in [1.807, 2.05) is 19.2 Å². The summed E-state index contributed by atoms with van der Waals surface area (Å²) in [5.74, 6) is 2.26. The molecule has 1 aromatic rings. The minimum atomic E-state index is 0.448. The summed E-state index contributed by atoms with van der Waals surface area (Å²) in [6, 6.07) is 6.51. The SMILES string of the molecule is CNC(C)Cc1ccc(OCCS)c(OC)c1. The van der Waals surface area contributed by atoms with Crippen LogP contribution in [0.5, 0.6) is 11.5 Å². The first-order valence-electron chi connectivity index (χ1n) is 5.79. The van der Waals surface area contributed by atoms with Gasteiger partial charge in [-0.05, 0) is 38.1 Å². The second-order valence-corrected chi connectivity index (χ2v) is 4.40. The highest BCUT2D eigenvalue weighted by atomic mass is 32.1.